The zero-order valence-electron chi connectivity index (χ0n) is 14.7. The molecule has 3 rings (SSSR count). The van der Waals surface area contributed by atoms with Crippen LogP contribution in [-0.2, 0) is 22.3 Å². The van der Waals surface area contributed by atoms with Crippen LogP contribution in [0.1, 0.15) is 17.5 Å². The van der Waals surface area contributed by atoms with Gasteiger partial charge < -0.3 is 10.2 Å². The molecular weight excluding hydrogens is 413 g/mol. The number of fused-ring (bicyclic) bond motifs is 1. The van der Waals surface area contributed by atoms with Gasteiger partial charge in [0, 0.05) is 29.9 Å². The molecule has 0 aromatic heterocycles. The highest BCUT2D eigenvalue weighted by Gasteiger charge is 2.34. The second-order valence-corrected chi connectivity index (χ2v) is 8.00. The van der Waals surface area contributed by atoms with Gasteiger partial charge in [0.05, 0.1) is 16.5 Å². The average molecular weight is 429 g/mol. The number of alkyl halides is 3. The van der Waals surface area contributed by atoms with Crippen molar-refractivity contribution in [3.05, 3.63) is 58.6 Å². The summed E-state index contributed by atoms with van der Waals surface area (Å²) in [6, 6.07) is 10.3. The van der Waals surface area contributed by atoms with Gasteiger partial charge in [-0.25, -0.2) is 0 Å². The Morgan fingerprint density at radius 3 is 2.64 bits per heavy atom. The Balaban J connectivity index is 1.67. The van der Waals surface area contributed by atoms with Crippen molar-refractivity contribution in [3.63, 3.8) is 0 Å². The summed E-state index contributed by atoms with van der Waals surface area (Å²) in [7, 11) is 1.61. The van der Waals surface area contributed by atoms with Crippen molar-refractivity contribution in [1.29, 1.82) is 0 Å². The average Bonchev–Trinajstić information content (AvgIpc) is 2.63. The number of nitrogens with one attached hydrogen (secondary N) is 1. The van der Waals surface area contributed by atoms with Crippen molar-refractivity contribution in [2.75, 3.05) is 12.4 Å². The fraction of sp³-hybridized carbons (Fsp3) is 0.263. The summed E-state index contributed by atoms with van der Waals surface area (Å²) >= 11 is 7.19. The molecular formula is C19H16ClF3N2O2S. The molecule has 2 amide bonds. The Kier molecular flexibility index (Phi) is 5.90. The minimum absolute atomic E-state index is 0.0715. The fourth-order valence-electron chi connectivity index (χ4n) is 2.75. The van der Waals surface area contributed by atoms with Gasteiger partial charge in [-0.15, -0.1) is 11.8 Å². The van der Waals surface area contributed by atoms with E-state index in [-0.39, 0.29) is 18.0 Å². The van der Waals surface area contributed by atoms with E-state index >= 15 is 0 Å². The second kappa shape index (κ2) is 8.05. The lowest BCUT2D eigenvalue weighted by Crippen LogP contribution is -2.35. The predicted octanol–water partition coefficient (Wildman–Crippen LogP) is 4.82. The third-order valence-corrected chi connectivity index (χ3v) is 5.92. The smallest absolute Gasteiger partial charge is 0.341 e. The van der Waals surface area contributed by atoms with Crippen LogP contribution in [0.25, 0.3) is 0 Å². The molecule has 0 radical (unpaired) electrons. The number of benzene rings is 2. The molecule has 1 heterocycles. The number of rotatable bonds is 4. The number of hydrogen-bond acceptors (Lipinski definition) is 3. The number of nitrogens with zero attached hydrogens (tertiary/aromatic N) is 1. The number of halogens is 4. The summed E-state index contributed by atoms with van der Waals surface area (Å²) < 4.78 is 38.5. The first-order chi connectivity index (χ1) is 13.1. The monoisotopic (exact) mass is 428 g/mol. The molecule has 2 aromatic carbocycles. The summed E-state index contributed by atoms with van der Waals surface area (Å²) in [5.41, 5.74) is 0.0601. The molecule has 28 heavy (non-hydrogen) atoms. The summed E-state index contributed by atoms with van der Waals surface area (Å²) in [5.74, 6) is -0.751. The third-order valence-electron chi connectivity index (χ3n) is 4.28. The van der Waals surface area contributed by atoms with Crippen LogP contribution in [0.5, 0.6) is 0 Å². The normalized spacial score (nSPS) is 16.3. The van der Waals surface area contributed by atoms with Crippen molar-refractivity contribution >= 4 is 40.9 Å². The molecule has 4 nitrogen and oxygen atoms in total. The number of amides is 2. The molecule has 0 fully saturated rings. The van der Waals surface area contributed by atoms with Gasteiger partial charge in [0.25, 0.3) is 0 Å². The van der Waals surface area contributed by atoms with Crippen LogP contribution in [0.2, 0.25) is 5.02 Å². The number of carbonyl (C=O) groups excluding carboxylic acids is 2. The molecule has 148 valence electrons. The Morgan fingerprint density at radius 2 is 1.96 bits per heavy atom. The molecule has 9 heteroatoms. The first-order valence-corrected chi connectivity index (χ1v) is 9.57. The van der Waals surface area contributed by atoms with E-state index in [0.717, 1.165) is 29.5 Å². The van der Waals surface area contributed by atoms with Gasteiger partial charge >= 0.3 is 6.18 Å². The summed E-state index contributed by atoms with van der Waals surface area (Å²) in [5, 5.41) is 2.30. The topological polar surface area (TPSA) is 49.4 Å². The molecule has 0 spiro atoms. The van der Waals surface area contributed by atoms with Gasteiger partial charge in [0.2, 0.25) is 11.8 Å². The lowest BCUT2D eigenvalue weighted by atomic mass is 10.1. The lowest BCUT2D eigenvalue weighted by molar-refractivity contribution is -0.137. The van der Waals surface area contributed by atoms with Crippen LogP contribution in [0.3, 0.4) is 0 Å². The van der Waals surface area contributed by atoms with Crippen LogP contribution in [-0.4, -0.2) is 29.0 Å². The minimum Gasteiger partial charge on any atom is -0.341 e. The highest BCUT2D eigenvalue weighted by molar-refractivity contribution is 8.01. The molecule has 1 N–H and O–H groups in total. The zero-order chi connectivity index (χ0) is 20.5. The molecule has 1 unspecified atom stereocenters. The van der Waals surface area contributed by atoms with Gasteiger partial charge in [-0.3, -0.25) is 9.59 Å². The highest BCUT2D eigenvalue weighted by atomic mass is 35.5. The third kappa shape index (κ3) is 4.62. The maximum Gasteiger partial charge on any atom is 0.416 e. The van der Waals surface area contributed by atoms with Crippen molar-refractivity contribution in [2.45, 2.75) is 29.3 Å². The van der Waals surface area contributed by atoms with E-state index < -0.39 is 22.9 Å². The van der Waals surface area contributed by atoms with Gasteiger partial charge in [-0.1, -0.05) is 29.8 Å². The molecule has 2 aromatic rings. The number of anilines is 1. The van der Waals surface area contributed by atoms with Crippen molar-refractivity contribution in [2.24, 2.45) is 0 Å². The van der Waals surface area contributed by atoms with Crippen LogP contribution in [0.4, 0.5) is 18.9 Å². The summed E-state index contributed by atoms with van der Waals surface area (Å²) in [4.78, 5) is 26.8. The van der Waals surface area contributed by atoms with Crippen molar-refractivity contribution < 1.29 is 22.8 Å². The Labute approximate surface area is 169 Å². The maximum absolute atomic E-state index is 12.8. The van der Waals surface area contributed by atoms with Crippen molar-refractivity contribution in [1.82, 2.24) is 4.90 Å². The van der Waals surface area contributed by atoms with E-state index in [0.29, 0.717) is 16.5 Å². The largest absolute Gasteiger partial charge is 0.416 e. The first kappa shape index (κ1) is 20.5. The maximum atomic E-state index is 12.8. The van der Waals surface area contributed by atoms with E-state index in [1.54, 1.807) is 19.2 Å². The molecule has 0 aliphatic carbocycles. The number of hydrogen-bond donors (Lipinski definition) is 1. The number of carbonyl (C=O) groups is 2. The lowest BCUT2D eigenvalue weighted by Gasteiger charge is -2.26. The van der Waals surface area contributed by atoms with Gasteiger partial charge in [0.1, 0.15) is 0 Å². The molecule has 0 bridgehead atoms. The summed E-state index contributed by atoms with van der Waals surface area (Å²) in [6.45, 7) is 0.295. The van der Waals surface area contributed by atoms with Gasteiger partial charge in [-0.2, -0.15) is 13.2 Å². The Hall–Kier alpha value is -2.19. The van der Waals surface area contributed by atoms with Crippen LogP contribution >= 0.6 is 23.4 Å². The molecule has 1 atom stereocenters. The highest BCUT2D eigenvalue weighted by Crippen LogP contribution is 2.40. The van der Waals surface area contributed by atoms with E-state index in [9.17, 15) is 22.8 Å². The van der Waals surface area contributed by atoms with E-state index in [1.807, 2.05) is 12.1 Å². The standard InChI is InChI=1S/C19H16ClF3N2O2S/c1-25(10-11-4-2-3-5-13(11)20)17(26)9-16-18(27)24-14-8-12(19(21,22)23)6-7-15(14)28-16/h2-8,16H,9-10H2,1H3,(H,24,27). The van der Waals surface area contributed by atoms with E-state index in [1.165, 1.54) is 11.0 Å². The van der Waals surface area contributed by atoms with Crippen LogP contribution < -0.4 is 5.32 Å². The van der Waals surface area contributed by atoms with Crippen LogP contribution in [0, 0.1) is 0 Å². The van der Waals surface area contributed by atoms with E-state index in [2.05, 4.69) is 5.32 Å². The van der Waals surface area contributed by atoms with Crippen molar-refractivity contribution in [3.8, 4) is 0 Å². The number of thioether (sulfide) groups is 1. The summed E-state index contributed by atoms with van der Waals surface area (Å²) in [6.07, 6.45) is -4.56. The minimum atomic E-state index is -4.49. The molecule has 0 saturated carbocycles. The van der Waals surface area contributed by atoms with Crippen LogP contribution in [0.15, 0.2) is 47.4 Å². The van der Waals surface area contributed by atoms with Gasteiger partial charge in [-0.05, 0) is 29.8 Å². The van der Waals surface area contributed by atoms with Gasteiger partial charge in [0.15, 0.2) is 0 Å². The molecule has 0 saturated heterocycles. The second-order valence-electron chi connectivity index (χ2n) is 6.35. The first-order valence-electron chi connectivity index (χ1n) is 8.31. The quantitative estimate of drug-likeness (QED) is 0.759. The zero-order valence-corrected chi connectivity index (χ0v) is 16.3. The fourth-order valence-corrected chi connectivity index (χ4v) is 4.02. The van der Waals surface area contributed by atoms with E-state index in [4.69, 9.17) is 11.6 Å². The molecule has 1 aliphatic heterocycles. The Bertz CT molecular complexity index is 920. The Morgan fingerprint density at radius 1 is 1.25 bits per heavy atom. The SMILES string of the molecule is CN(Cc1ccccc1Cl)C(=O)CC1Sc2ccc(C(F)(F)F)cc2NC1=O. The molecule has 1 aliphatic rings. The predicted molar refractivity (Wildman–Crippen MR) is 102 cm³/mol.